The van der Waals surface area contributed by atoms with E-state index in [1.165, 1.54) is 6.92 Å². The molecule has 0 heterocycles. The van der Waals surface area contributed by atoms with Gasteiger partial charge in [0.1, 0.15) is 0 Å². The third-order valence-electron chi connectivity index (χ3n) is 1.62. The largest absolute Gasteiger partial charge is 0.457 e. The van der Waals surface area contributed by atoms with Crippen LogP contribution in [0, 0.1) is 0 Å². The van der Waals surface area contributed by atoms with Crippen molar-refractivity contribution in [1.82, 2.24) is 0 Å². The third-order valence-corrected chi connectivity index (χ3v) is 1.62. The van der Waals surface area contributed by atoms with Crippen molar-refractivity contribution in [2.75, 3.05) is 6.61 Å². The molecule has 0 bridgehead atoms. The van der Waals surface area contributed by atoms with Gasteiger partial charge in [-0.1, -0.05) is 19.9 Å². The Kier molecular flexibility index (Phi) is 7.41. The maximum absolute atomic E-state index is 11.1. The van der Waals surface area contributed by atoms with Gasteiger partial charge in [0.05, 0.1) is 6.61 Å². The number of hydrogen-bond acceptors (Lipinski definition) is 6. The van der Waals surface area contributed by atoms with Crippen LogP contribution in [0.1, 0.15) is 26.7 Å². The van der Waals surface area contributed by atoms with E-state index in [2.05, 4.69) is 20.8 Å². The molecule has 1 atom stereocenters. The summed E-state index contributed by atoms with van der Waals surface area (Å²) in [5.74, 6) is -3.03. The summed E-state index contributed by atoms with van der Waals surface area (Å²) in [7, 11) is 0. The SMILES string of the molecule is C=CC(=O)OC(C)OC(=O)C(=O)OCCCC. The first-order valence-electron chi connectivity index (χ1n) is 5.22. The van der Waals surface area contributed by atoms with Crippen molar-refractivity contribution in [3.05, 3.63) is 12.7 Å². The lowest BCUT2D eigenvalue weighted by Gasteiger charge is -2.12. The van der Waals surface area contributed by atoms with Gasteiger partial charge in [-0.3, -0.25) is 0 Å². The minimum Gasteiger partial charge on any atom is -0.457 e. The molecular weight excluding hydrogens is 228 g/mol. The number of ether oxygens (including phenoxy) is 3. The fraction of sp³-hybridized carbons (Fsp3) is 0.545. The van der Waals surface area contributed by atoms with Gasteiger partial charge in [0.2, 0.25) is 6.29 Å². The van der Waals surface area contributed by atoms with E-state index < -0.39 is 24.2 Å². The Morgan fingerprint density at radius 1 is 1.24 bits per heavy atom. The Hall–Kier alpha value is -1.85. The molecule has 0 N–H and O–H groups in total. The maximum atomic E-state index is 11.1. The second-order valence-corrected chi connectivity index (χ2v) is 3.10. The van der Waals surface area contributed by atoms with Crippen molar-refractivity contribution in [3.63, 3.8) is 0 Å². The molecule has 6 heteroatoms. The van der Waals surface area contributed by atoms with E-state index in [1.807, 2.05) is 6.92 Å². The van der Waals surface area contributed by atoms with Crippen molar-refractivity contribution in [3.8, 4) is 0 Å². The second kappa shape index (κ2) is 8.32. The van der Waals surface area contributed by atoms with Gasteiger partial charge in [0, 0.05) is 13.0 Å². The first kappa shape index (κ1) is 15.2. The first-order valence-corrected chi connectivity index (χ1v) is 5.22. The molecule has 0 aromatic carbocycles. The molecule has 17 heavy (non-hydrogen) atoms. The monoisotopic (exact) mass is 244 g/mol. The summed E-state index contributed by atoms with van der Waals surface area (Å²) in [6.45, 7) is 6.55. The fourth-order valence-electron chi connectivity index (χ4n) is 0.803. The van der Waals surface area contributed by atoms with Gasteiger partial charge in [-0.2, -0.15) is 0 Å². The Morgan fingerprint density at radius 2 is 1.88 bits per heavy atom. The molecular formula is C11H16O6. The van der Waals surface area contributed by atoms with Crippen molar-refractivity contribution in [2.45, 2.75) is 33.0 Å². The molecule has 1 unspecified atom stereocenters. The summed E-state index contributed by atoms with van der Waals surface area (Å²) < 4.78 is 13.7. The highest BCUT2D eigenvalue weighted by Crippen LogP contribution is 1.98. The number of carbonyl (C=O) groups excluding carboxylic acids is 3. The van der Waals surface area contributed by atoms with Crippen LogP contribution < -0.4 is 0 Å². The number of carbonyl (C=O) groups is 3. The zero-order chi connectivity index (χ0) is 13.3. The van der Waals surface area contributed by atoms with Gasteiger partial charge in [-0.15, -0.1) is 0 Å². The van der Waals surface area contributed by atoms with Crippen LogP contribution in [0.25, 0.3) is 0 Å². The molecule has 0 saturated heterocycles. The van der Waals surface area contributed by atoms with Crippen molar-refractivity contribution < 1.29 is 28.6 Å². The number of esters is 3. The molecule has 96 valence electrons. The molecule has 0 saturated carbocycles. The molecule has 0 rings (SSSR count). The fourth-order valence-corrected chi connectivity index (χ4v) is 0.803. The Bertz CT molecular complexity index is 296. The zero-order valence-corrected chi connectivity index (χ0v) is 9.93. The predicted molar refractivity (Wildman–Crippen MR) is 57.7 cm³/mol. The summed E-state index contributed by atoms with van der Waals surface area (Å²) in [5.41, 5.74) is 0. The van der Waals surface area contributed by atoms with E-state index in [1.54, 1.807) is 0 Å². The minimum absolute atomic E-state index is 0.158. The summed E-state index contributed by atoms with van der Waals surface area (Å²) >= 11 is 0. The van der Waals surface area contributed by atoms with E-state index in [4.69, 9.17) is 0 Å². The summed E-state index contributed by atoms with van der Waals surface area (Å²) in [5, 5.41) is 0. The molecule has 0 aliphatic carbocycles. The number of hydrogen-bond donors (Lipinski definition) is 0. The molecule has 0 fully saturated rings. The van der Waals surface area contributed by atoms with Gasteiger partial charge < -0.3 is 14.2 Å². The molecule has 0 aliphatic rings. The van der Waals surface area contributed by atoms with Crippen molar-refractivity contribution in [1.29, 1.82) is 0 Å². The van der Waals surface area contributed by atoms with Crippen LogP contribution in [-0.2, 0) is 28.6 Å². The molecule has 0 spiro atoms. The van der Waals surface area contributed by atoms with Gasteiger partial charge in [0.15, 0.2) is 0 Å². The summed E-state index contributed by atoms with van der Waals surface area (Å²) in [4.78, 5) is 32.9. The van der Waals surface area contributed by atoms with Crippen LogP contribution in [0.2, 0.25) is 0 Å². The van der Waals surface area contributed by atoms with Gasteiger partial charge in [-0.05, 0) is 6.42 Å². The quantitative estimate of drug-likeness (QED) is 0.227. The van der Waals surface area contributed by atoms with Crippen LogP contribution in [0.5, 0.6) is 0 Å². The third kappa shape index (κ3) is 7.10. The molecule has 0 aliphatic heterocycles. The van der Waals surface area contributed by atoms with Crippen LogP contribution in [0.3, 0.4) is 0 Å². The molecule has 0 amide bonds. The van der Waals surface area contributed by atoms with E-state index in [0.717, 1.165) is 12.5 Å². The highest BCUT2D eigenvalue weighted by atomic mass is 16.7. The minimum atomic E-state index is -1.19. The first-order chi connectivity index (χ1) is 8.01. The van der Waals surface area contributed by atoms with E-state index in [9.17, 15) is 14.4 Å². The smallest absolute Gasteiger partial charge is 0.420 e. The lowest BCUT2D eigenvalue weighted by atomic mass is 10.4. The highest BCUT2D eigenvalue weighted by Gasteiger charge is 2.21. The molecule has 0 aromatic rings. The Morgan fingerprint density at radius 3 is 2.41 bits per heavy atom. The molecule has 0 radical (unpaired) electrons. The Labute approximate surface area is 99.5 Å². The van der Waals surface area contributed by atoms with Crippen LogP contribution in [0.15, 0.2) is 12.7 Å². The zero-order valence-electron chi connectivity index (χ0n) is 9.93. The van der Waals surface area contributed by atoms with Crippen LogP contribution >= 0.6 is 0 Å². The lowest BCUT2D eigenvalue weighted by molar-refractivity contribution is -0.189. The number of rotatable bonds is 6. The normalized spacial score (nSPS) is 11.2. The van der Waals surface area contributed by atoms with E-state index in [0.29, 0.717) is 6.42 Å². The van der Waals surface area contributed by atoms with Crippen LogP contribution in [-0.4, -0.2) is 30.8 Å². The highest BCUT2D eigenvalue weighted by molar-refractivity contribution is 6.29. The Balaban J connectivity index is 3.94. The summed E-state index contributed by atoms with van der Waals surface area (Å²) in [6, 6.07) is 0. The van der Waals surface area contributed by atoms with E-state index >= 15 is 0 Å². The summed E-state index contributed by atoms with van der Waals surface area (Å²) in [6.07, 6.45) is 1.27. The van der Waals surface area contributed by atoms with E-state index in [-0.39, 0.29) is 6.61 Å². The number of unbranched alkanes of at least 4 members (excludes halogenated alkanes) is 1. The standard InChI is InChI=1S/C11H16O6/c1-4-6-7-15-10(13)11(14)17-8(3)16-9(12)5-2/h5,8H,2,4,6-7H2,1,3H3. The molecule has 0 aromatic heterocycles. The lowest BCUT2D eigenvalue weighted by Crippen LogP contribution is -2.27. The topological polar surface area (TPSA) is 78.9 Å². The average molecular weight is 244 g/mol. The van der Waals surface area contributed by atoms with Crippen molar-refractivity contribution >= 4 is 17.9 Å². The van der Waals surface area contributed by atoms with Crippen molar-refractivity contribution in [2.24, 2.45) is 0 Å². The second-order valence-electron chi connectivity index (χ2n) is 3.10. The van der Waals surface area contributed by atoms with Gasteiger partial charge in [0.25, 0.3) is 0 Å². The average Bonchev–Trinajstić information content (AvgIpc) is 2.28. The molecule has 6 nitrogen and oxygen atoms in total. The van der Waals surface area contributed by atoms with Gasteiger partial charge in [-0.25, -0.2) is 14.4 Å². The predicted octanol–water partition coefficient (Wildman–Crippen LogP) is 0.948. The van der Waals surface area contributed by atoms with Crippen LogP contribution in [0.4, 0.5) is 0 Å². The maximum Gasteiger partial charge on any atom is 0.420 e. The van der Waals surface area contributed by atoms with Gasteiger partial charge >= 0.3 is 17.9 Å².